The normalized spacial score (nSPS) is 30.1. The Morgan fingerprint density at radius 2 is 2.07 bits per heavy atom. The fourth-order valence-corrected chi connectivity index (χ4v) is 5.14. The predicted octanol–water partition coefficient (Wildman–Crippen LogP) is 0.0814. The molecule has 1 aromatic carbocycles. The summed E-state index contributed by atoms with van der Waals surface area (Å²) in [6.07, 6.45) is 0.301. The van der Waals surface area contributed by atoms with Crippen LogP contribution in [0, 0.1) is 11.8 Å². The van der Waals surface area contributed by atoms with Gasteiger partial charge in [0, 0.05) is 35.3 Å². The smallest absolute Gasteiger partial charge is 0.250 e. The van der Waals surface area contributed by atoms with E-state index in [1.807, 2.05) is 0 Å². The summed E-state index contributed by atoms with van der Waals surface area (Å²) < 4.78 is 5.78. The highest BCUT2D eigenvalue weighted by Crippen LogP contribution is 2.53. The number of anilines is 1. The summed E-state index contributed by atoms with van der Waals surface area (Å²) in [7, 11) is 1.49. The topological polar surface area (TPSA) is 131 Å². The summed E-state index contributed by atoms with van der Waals surface area (Å²) in [5.74, 6) is -3.30. The molecule has 2 fully saturated rings. The molecule has 1 spiro atoms. The summed E-state index contributed by atoms with van der Waals surface area (Å²) in [5.41, 5.74) is 5.13. The zero-order valence-electron chi connectivity index (χ0n) is 15.7. The van der Waals surface area contributed by atoms with Crippen LogP contribution in [0.1, 0.15) is 18.4 Å². The van der Waals surface area contributed by atoms with Gasteiger partial charge in [0.1, 0.15) is 5.54 Å². The highest BCUT2D eigenvalue weighted by molar-refractivity contribution is 9.10. The van der Waals surface area contributed by atoms with Gasteiger partial charge in [-0.1, -0.05) is 15.9 Å². The number of nitrogens with zero attached hydrogens (tertiary/aromatic N) is 1. The van der Waals surface area contributed by atoms with Gasteiger partial charge in [0.05, 0.1) is 25.0 Å². The molecule has 2 saturated heterocycles. The van der Waals surface area contributed by atoms with E-state index in [1.165, 1.54) is 12.0 Å². The number of nitrogens with two attached hydrogens (primary N) is 1. The molecule has 9 nitrogen and oxygen atoms in total. The van der Waals surface area contributed by atoms with Gasteiger partial charge in [0.25, 0.3) is 0 Å². The first-order chi connectivity index (χ1) is 13.8. The second-order valence-corrected chi connectivity index (χ2v) is 8.45. The number of amides is 4. The fourth-order valence-electron chi connectivity index (χ4n) is 4.78. The largest absolute Gasteiger partial charge is 0.383 e. The number of carbonyl (C=O) groups is 4. The predicted molar refractivity (Wildman–Crippen MR) is 105 cm³/mol. The number of rotatable bonds is 6. The number of carbonyl (C=O) groups excluding carboxylic acids is 4. The Kier molecular flexibility index (Phi) is 4.96. The van der Waals surface area contributed by atoms with Crippen LogP contribution in [0.2, 0.25) is 0 Å². The van der Waals surface area contributed by atoms with Crippen LogP contribution in [0.25, 0.3) is 0 Å². The molecule has 3 aliphatic heterocycles. The van der Waals surface area contributed by atoms with E-state index in [4.69, 9.17) is 10.5 Å². The van der Waals surface area contributed by atoms with Crippen LogP contribution in [0.5, 0.6) is 0 Å². The van der Waals surface area contributed by atoms with Gasteiger partial charge < -0.3 is 15.8 Å². The maximum absolute atomic E-state index is 13.3. The second kappa shape index (κ2) is 7.19. The van der Waals surface area contributed by atoms with Crippen LogP contribution in [0.3, 0.4) is 0 Å². The first-order valence-electron chi connectivity index (χ1n) is 9.33. The van der Waals surface area contributed by atoms with Crippen molar-refractivity contribution in [1.29, 1.82) is 0 Å². The number of hydrogen-bond donors (Lipinski definition) is 3. The van der Waals surface area contributed by atoms with E-state index < -0.39 is 35.2 Å². The zero-order chi connectivity index (χ0) is 20.9. The Bertz CT molecular complexity index is 922. The molecule has 0 bridgehead atoms. The van der Waals surface area contributed by atoms with Crippen molar-refractivity contribution in [3.8, 4) is 0 Å². The van der Waals surface area contributed by atoms with Gasteiger partial charge in [-0.3, -0.25) is 29.4 Å². The molecule has 4 atom stereocenters. The molecule has 0 radical (unpaired) electrons. The molecule has 4 N–H and O–H groups in total. The van der Waals surface area contributed by atoms with Crippen molar-refractivity contribution in [3.63, 3.8) is 0 Å². The number of fused-ring (bicyclic) bond motifs is 4. The van der Waals surface area contributed by atoms with Crippen LogP contribution >= 0.6 is 15.9 Å². The van der Waals surface area contributed by atoms with Crippen LogP contribution in [-0.4, -0.2) is 54.8 Å². The van der Waals surface area contributed by atoms with Gasteiger partial charge in [-0.05, 0) is 24.6 Å². The maximum Gasteiger partial charge on any atom is 0.250 e. The molecule has 1 aromatic rings. The molecular weight excluding hydrogens is 444 g/mol. The molecular formula is C19H21BrN4O5. The zero-order valence-corrected chi connectivity index (χ0v) is 17.3. The minimum Gasteiger partial charge on any atom is -0.383 e. The van der Waals surface area contributed by atoms with Crippen molar-refractivity contribution in [1.82, 2.24) is 10.2 Å². The minimum atomic E-state index is -1.37. The van der Waals surface area contributed by atoms with Crippen molar-refractivity contribution in [2.75, 3.05) is 25.6 Å². The van der Waals surface area contributed by atoms with Gasteiger partial charge in [0.15, 0.2) is 0 Å². The van der Waals surface area contributed by atoms with Crippen LogP contribution in [0.4, 0.5) is 5.69 Å². The van der Waals surface area contributed by atoms with Crippen molar-refractivity contribution in [2.24, 2.45) is 17.6 Å². The fraction of sp³-hybridized carbons (Fsp3) is 0.474. The van der Waals surface area contributed by atoms with E-state index >= 15 is 0 Å². The quantitative estimate of drug-likeness (QED) is 0.511. The Morgan fingerprint density at radius 1 is 1.31 bits per heavy atom. The van der Waals surface area contributed by atoms with Crippen LogP contribution in [0.15, 0.2) is 22.7 Å². The SMILES string of the molecule is COCCN1C(=O)C2C(CCC(N)=O)NC3(C(=O)Nc4ccc(Br)cc43)C2C1=O. The summed E-state index contributed by atoms with van der Waals surface area (Å²) in [6.45, 7) is 0.324. The lowest BCUT2D eigenvalue weighted by Crippen LogP contribution is -2.53. The number of methoxy groups -OCH3 is 1. The summed E-state index contributed by atoms with van der Waals surface area (Å²) >= 11 is 3.42. The lowest BCUT2D eigenvalue weighted by molar-refractivity contribution is -0.143. The van der Waals surface area contributed by atoms with Crippen molar-refractivity contribution in [3.05, 3.63) is 28.2 Å². The lowest BCUT2D eigenvalue weighted by Gasteiger charge is -2.29. The lowest BCUT2D eigenvalue weighted by atomic mass is 9.76. The third-order valence-corrected chi connectivity index (χ3v) is 6.48. The van der Waals surface area contributed by atoms with E-state index in [1.54, 1.807) is 18.2 Å². The number of nitrogens with one attached hydrogen (secondary N) is 2. The number of halogens is 1. The number of ether oxygens (including phenoxy) is 1. The summed E-state index contributed by atoms with van der Waals surface area (Å²) in [6, 6.07) is 4.79. The van der Waals surface area contributed by atoms with Gasteiger partial charge in [0.2, 0.25) is 23.6 Å². The van der Waals surface area contributed by atoms with Crippen molar-refractivity contribution < 1.29 is 23.9 Å². The highest BCUT2D eigenvalue weighted by atomic mass is 79.9. The van der Waals surface area contributed by atoms with Crippen LogP contribution < -0.4 is 16.4 Å². The summed E-state index contributed by atoms with van der Waals surface area (Å²) in [5, 5.41) is 6.08. The second-order valence-electron chi connectivity index (χ2n) is 7.53. The Balaban J connectivity index is 1.81. The molecule has 29 heavy (non-hydrogen) atoms. The Morgan fingerprint density at radius 3 is 2.76 bits per heavy atom. The molecule has 3 aliphatic rings. The standard InChI is InChI=1S/C19H21BrN4O5/c1-29-7-6-24-16(26)14-12(4-5-13(21)25)23-19(15(14)17(24)27)10-8-9(20)2-3-11(10)22-18(19)28/h2-3,8,12,14-15,23H,4-7H2,1H3,(H2,21,25)(H,22,28). The average molecular weight is 465 g/mol. The van der Waals surface area contributed by atoms with Crippen molar-refractivity contribution >= 4 is 45.2 Å². The van der Waals surface area contributed by atoms with Gasteiger partial charge >= 0.3 is 0 Å². The molecule has 10 heteroatoms. The Labute approximate surface area is 175 Å². The number of imide groups is 1. The van der Waals surface area contributed by atoms with E-state index in [9.17, 15) is 19.2 Å². The molecule has 4 unspecified atom stereocenters. The average Bonchev–Trinajstić information content (AvgIpc) is 3.24. The third-order valence-electron chi connectivity index (χ3n) is 5.99. The van der Waals surface area contributed by atoms with Crippen molar-refractivity contribution in [2.45, 2.75) is 24.4 Å². The van der Waals surface area contributed by atoms with Crippen LogP contribution in [-0.2, 0) is 29.5 Å². The first-order valence-corrected chi connectivity index (χ1v) is 10.1. The van der Waals surface area contributed by atoms with Gasteiger partial charge in [-0.25, -0.2) is 0 Å². The molecule has 4 rings (SSSR count). The monoisotopic (exact) mass is 464 g/mol. The van der Waals surface area contributed by atoms with Gasteiger partial charge in [-0.2, -0.15) is 0 Å². The number of hydrogen-bond acceptors (Lipinski definition) is 6. The number of benzene rings is 1. The molecule has 154 valence electrons. The number of primary amides is 1. The van der Waals surface area contributed by atoms with E-state index in [2.05, 4.69) is 26.6 Å². The molecule has 0 aliphatic carbocycles. The minimum absolute atomic E-state index is 0.0451. The molecule has 3 heterocycles. The number of likely N-dealkylation sites (tertiary alicyclic amines) is 1. The van der Waals surface area contributed by atoms with E-state index in [0.29, 0.717) is 11.3 Å². The third kappa shape index (κ3) is 2.89. The Hall–Kier alpha value is -2.30. The van der Waals surface area contributed by atoms with E-state index in [-0.39, 0.29) is 37.8 Å². The van der Waals surface area contributed by atoms with Gasteiger partial charge in [-0.15, -0.1) is 0 Å². The van der Waals surface area contributed by atoms with E-state index in [0.717, 1.165) is 4.47 Å². The molecule has 4 amide bonds. The maximum atomic E-state index is 13.3. The molecule has 0 aromatic heterocycles. The first kappa shape index (κ1) is 20.0. The summed E-state index contributed by atoms with van der Waals surface area (Å²) in [4.78, 5) is 52.1. The molecule has 0 saturated carbocycles. The highest BCUT2D eigenvalue weighted by Gasteiger charge is 2.70.